The Hall–Kier alpha value is -2.40. The van der Waals surface area contributed by atoms with Crippen LogP contribution >= 0.6 is 11.6 Å². The SMILES string of the molecule is Clc1ccc([C@@H]2C[C@@H](c3ccccc3)n3nnnc3N2)cc1. The molecule has 0 saturated carbocycles. The summed E-state index contributed by atoms with van der Waals surface area (Å²) in [6.07, 6.45) is 0.879. The van der Waals surface area contributed by atoms with Gasteiger partial charge in [-0.1, -0.05) is 59.2 Å². The third-order valence-corrected chi connectivity index (χ3v) is 4.26. The van der Waals surface area contributed by atoms with Gasteiger partial charge in [-0.15, -0.1) is 0 Å². The molecule has 0 unspecified atom stereocenters. The fourth-order valence-corrected chi connectivity index (χ4v) is 3.03. The number of tetrazole rings is 1. The molecule has 110 valence electrons. The molecule has 1 aliphatic rings. The predicted molar refractivity (Wildman–Crippen MR) is 84.8 cm³/mol. The highest BCUT2D eigenvalue weighted by Gasteiger charge is 2.30. The van der Waals surface area contributed by atoms with E-state index in [0.29, 0.717) is 5.95 Å². The molecule has 2 heterocycles. The maximum absolute atomic E-state index is 5.98. The van der Waals surface area contributed by atoms with Crippen molar-refractivity contribution < 1.29 is 0 Å². The fraction of sp³-hybridized carbons (Fsp3) is 0.188. The highest BCUT2D eigenvalue weighted by atomic mass is 35.5. The second-order valence-corrected chi connectivity index (χ2v) is 5.79. The van der Waals surface area contributed by atoms with Gasteiger partial charge in [0.15, 0.2) is 0 Å². The highest BCUT2D eigenvalue weighted by Crippen LogP contribution is 2.36. The number of anilines is 1. The van der Waals surface area contributed by atoms with Crippen molar-refractivity contribution in [1.29, 1.82) is 0 Å². The van der Waals surface area contributed by atoms with Crippen molar-refractivity contribution in [1.82, 2.24) is 20.2 Å². The van der Waals surface area contributed by atoms with Gasteiger partial charge in [0, 0.05) is 5.02 Å². The Bertz CT molecular complexity index is 769. The van der Waals surface area contributed by atoms with Gasteiger partial charge in [-0.25, -0.2) is 4.68 Å². The Labute approximate surface area is 132 Å². The Balaban J connectivity index is 1.72. The fourth-order valence-electron chi connectivity index (χ4n) is 2.90. The summed E-state index contributed by atoms with van der Waals surface area (Å²) in [6.45, 7) is 0. The summed E-state index contributed by atoms with van der Waals surface area (Å²) in [5.41, 5.74) is 2.39. The van der Waals surface area contributed by atoms with E-state index in [9.17, 15) is 0 Å². The Morgan fingerprint density at radius 3 is 2.55 bits per heavy atom. The zero-order chi connectivity index (χ0) is 14.9. The molecule has 2 atom stereocenters. The van der Waals surface area contributed by atoms with Crippen LogP contribution in [0.2, 0.25) is 5.02 Å². The molecule has 0 bridgehead atoms. The quantitative estimate of drug-likeness (QED) is 0.787. The van der Waals surface area contributed by atoms with Crippen molar-refractivity contribution >= 4 is 17.5 Å². The van der Waals surface area contributed by atoms with Gasteiger partial charge in [0.25, 0.3) is 0 Å². The second kappa shape index (κ2) is 5.42. The number of benzene rings is 2. The Morgan fingerprint density at radius 2 is 1.77 bits per heavy atom. The number of rotatable bonds is 2. The highest BCUT2D eigenvalue weighted by molar-refractivity contribution is 6.30. The topological polar surface area (TPSA) is 55.6 Å². The minimum Gasteiger partial charge on any atom is -0.346 e. The molecule has 0 radical (unpaired) electrons. The standard InChI is InChI=1S/C16H14ClN5/c17-13-8-6-11(7-9-13)14-10-15(12-4-2-1-3-5-12)22-16(18-14)19-20-21-22/h1-9,14-15H,10H2,(H,18,19,21)/t14-,15-/m0/s1. The predicted octanol–water partition coefficient (Wildman–Crippen LogP) is 3.47. The van der Waals surface area contributed by atoms with Gasteiger partial charge in [-0.3, -0.25) is 0 Å². The lowest BCUT2D eigenvalue weighted by Gasteiger charge is -2.31. The first-order valence-corrected chi connectivity index (χ1v) is 7.54. The lowest BCUT2D eigenvalue weighted by atomic mass is 9.93. The van der Waals surface area contributed by atoms with Crippen LogP contribution in [0, 0.1) is 0 Å². The normalized spacial score (nSPS) is 20.2. The van der Waals surface area contributed by atoms with Crippen molar-refractivity contribution in [2.24, 2.45) is 0 Å². The summed E-state index contributed by atoms with van der Waals surface area (Å²) in [5.74, 6) is 0.694. The maximum Gasteiger partial charge on any atom is 0.243 e. The summed E-state index contributed by atoms with van der Waals surface area (Å²) >= 11 is 5.98. The van der Waals surface area contributed by atoms with Gasteiger partial charge in [-0.05, 0) is 40.1 Å². The van der Waals surface area contributed by atoms with Crippen LogP contribution in [0.15, 0.2) is 54.6 Å². The van der Waals surface area contributed by atoms with Gasteiger partial charge in [0.05, 0.1) is 12.1 Å². The van der Waals surface area contributed by atoms with Gasteiger partial charge >= 0.3 is 0 Å². The van der Waals surface area contributed by atoms with Crippen LogP contribution in [-0.4, -0.2) is 20.2 Å². The summed E-state index contributed by atoms with van der Waals surface area (Å²) in [7, 11) is 0. The van der Waals surface area contributed by atoms with Crippen LogP contribution in [0.25, 0.3) is 0 Å². The second-order valence-electron chi connectivity index (χ2n) is 5.36. The molecule has 0 saturated heterocycles. The van der Waals surface area contributed by atoms with E-state index in [1.165, 1.54) is 11.1 Å². The molecular weight excluding hydrogens is 298 g/mol. The minimum atomic E-state index is 0.119. The van der Waals surface area contributed by atoms with E-state index < -0.39 is 0 Å². The summed E-state index contributed by atoms with van der Waals surface area (Å²) in [4.78, 5) is 0. The molecule has 0 aliphatic carbocycles. The van der Waals surface area contributed by atoms with E-state index in [1.54, 1.807) is 0 Å². The van der Waals surface area contributed by atoms with Crippen LogP contribution in [-0.2, 0) is 0 Å². The summed E-state index contributed by atoms with van der Waals surface area (Å²) < 4.78 is 1.85. The molecule has 4 rings (SSSR count). The lowest BCUT2D eigenvalue weighted by Crippen LogP contribution is -2.28. The smallest absolute Gasteiger partial charge is 0.243 e. The molecule has 0 spiro atoms. The molecule has 1 N–H and O–H groups in total. The van der Waals surface area contributed by atoms with Gasteiger partial charge in [0.2, 0.25) is 5.95 Å². The average molecular weight is 312 g/mol. The molecule has 0 amide bonds. The number of fused-ring (bicyclic) bond motifs is 1. The van der Waals surface area contributed by atoms with Gasteiger partial charge < -0.3 is 5.32 Å². The molecule has 6 heteroatoms. The number of hydrogen-bond donors (Lipinski definition) is 1. The van der Waals surface area contributed by atoms with Crippen LogP contribution in [0.3, 0.4) is 0 Å². The molecular formula is C16H14ClN5. The number of hydrogen-bond acceptors (Lipinski definition) is 4. The van der Waals surface area contributed by atoms with E-state index in [4.69, 9.17) is 11.6 Å². The van der Waals surface area contributed by atoms with Crippen molar-refractivity contribution in [2.45, 2.75) is 18.5 Å². The lowest BCUT2D eigenvalue weighted by molar-refractivity contribution is 0.424. The van der Waals surface area contributed by atoms with Gasteiger partial charge in [-0.2, -0.15) is 0 Å². The first-order chi connectivity index (χ1) is 10.8. The van der Waals surface area contributed by atoms with Crippen LogP contribution < -0.4 is 5.32 Å². The van der Waals surface area contributed by atoms with Crippen molar-refractivity contribution in [3.05, 3.63) is 70.7 Å². The zero-order valence-electron chi connectivity index (χ0n) is 11.7. The monoisotopic (exact) mass is 311 g/mol. The van der Waals surface area contributed by atoms with Crippen molar-refractivity contribution in [3.8, 4) is 0 Å². The Morgan fingerprint density at radius 1 is 1.00 bits per heavy atom. The summed E-state index contributed by atoms with van der Waals surface area (Å²) in [6, 6.07) is 18.5. The first kappa shape index (κ1) is 13.3. The van der Waals surface area contributed by atoms with Crippen LogP contribution in [0.4, 0.5) is 5.95 Å². The van der Waals surface area contributed by atoms with E-state index in [-0.39, 0.29) is 12.1 Å². The Kier molecular flexibility index (Phi) is 3.27. The number of aromatic nitrogens is 4. The minimum absolute atomic E-state index is 0.119. The molecule has 3 aromatic rings. The zero-order valence-corrected chi connectivity index (χ0v) is 12.5. The first-order valence-electron chi connectivity index (χ1n) is 7.16. The number of nitrogens with zero attached hydrogens (tertiary/aromatic N) is 4. The number of halogens is 1. The summed E-state index contributed by atoms with van der Waals surface area (Å²) in [5, 5.41) is 16.2. The molecule has 1 aromatic heterocycles. The van der Waals surface area contributed by atoms with E-state index >= 15 is 0 Å². The molecule has 22 heavy (non-hydrogen) atoms. The molecule has 0 fully saturated rings. The maximum atomic E-state index is 5.98. The van der Waals surface area contributed by atoms with E-state index in [2.05, 4.69) is 33.0 Å². The van der Waals surface area contributed by atoms with Crippen LogP contribution in [0.5, 0.6) is 0 Å². The van der Waals surface area contributed by atoms with E-state index in [1.807, 2.05) is 47.1 Å². The van der Waals surface area contributed by atoms with Crippen LogP contribution in [0.1, 0.15) is 29.6 Å². The third kappa shape index (κ3) is 2.33. The number of nitrogens with one attached hydrogen (secondary N) is 1. The molecule has 1 aliphatic heterocycles. The van der Waals surface area contributed by atoms with Crippen molar-refractivity contribution in [3.63, 3.8) is 0 Å². The molecule has 2 aromatic carbocycles. The van der Waals surface area contributed by atoms with E-state index in [0.717, 1.165) is 11.4 Å². The van der Waals surface area contributed by atoms with Gasteiger partial charge in [0.1, 0.15) is 0 Å². The third-order valence-electron chi connectivity index (χ3n) is 4.01. The molecule has 5 nitrogen and oxygen atoms in total. The average Bonchev–Trinajstić information content (AvgIpc) is 3.04. The van der Waals surface area contributed by atoms with Crippen molar-refractivity contribution in [2.75, 3.05) is 5.32 Å². The largest absolute Gasteiger partial charge is 0.346 e.